The molecule has 1 N–H and O–H groups in total. The first-order valence-electron chi connectivity index (χ1n) is 7.24. The number of hydrogen-bond acceptors (Lipinski definition) is 4. The highest BCUT2D eigenvalue weighted by molar-refractivity contribution is 7.09. The van der Waals surface area contributed by atoms with E-state index >= 15 is 0 Å². The maximum atomic E-state index is 13.2. The molecule has 1 amide bonds. The van der Waals surface area contributed by atoms with Crippen LogP contribution in [0.15, 0.2) is 29.6 Å². The summed E-state index contributed by atoms with van der Waals surface area (Å²) in [6.45, 7) is -0.305. The second-order valence-electron chi connectivity index (χ2n) is 5.49. The first kappa shape index (κ1) is 15.6. The van der Waals surface area contributed by atoms with Crippen LogP contribution in [0.25, 0.3) is 0 Å². The van der Waals surface area contributed by atoms with Crippen molar-refractivity contribution in [2.45, 2.75) is 25.3 Å². The molecule has 1 aromatic carbocycles. The summed E-state index contributed by atoms with van der Waals surface area (Å²) in [6, 6.07) is 6.25. The molecule has 0 unspecified atom stereocenters. The van der Waals surface area contributed by atoms with Crippen LogP contribution in [0.5, 0.6) is 0 Å². The number of carboxylic acids is 1. The van der Waals surface area contributed by atoms with Crippen LogP contribution in [-0.4, -0.2) is 39.5 Å². The molecule has 0 aliphatic heterocycles. The molecular formula is C16H15FN2O3S. The minimum absolute atomic E-state index is 0.00645. The summed E-state index contributed by atoms with van der Waals surface area (Å²) in [5, 5.41) is 11.3. The second-order valence-corrected chi connectivity index (χ2v) is 6.43. The number of carbonyl (C=O) groups is 2. The minimum atomic E-state index is -1.03. The van der Waals surface area contributed by atoms with Crippen molar-refractivity contribution in [2.75, 3.05) is 6.54 Å². The van der Waals surface area contributed by atoms with Gasteiger partial charge >= 0.3 is 5.97 Å². The monoisotopic (exact) mass is 334 g/mol. The van der Waals surface area contributed by atoms with E-state index in [2.05, 4.69) is 4.98 Å². The third kappa shape index (κ3) is 3.92. The lowest BCUT2D eigenvalue weighted by Gasteiger charge is -2.18. The van der Waals surface area contributed by atoms with Gasteiger partial charge in [0.2, 0.25) is 0 Å². The number of thiazole rings is 1. The number of amides is 1. The van der Waals surface area contributed by atoms with Crippen LogP contribution in [0, 0.1) is 5.82 Å². The molecule has 0 saturated heterocycles. The molecule has 7 heteroatoms. The van der Waals surface area contributed by atoms with Gasteiger partial charge in [0, 0.05) is 17.8 Å². The van der Waals surface area contributed by atoms with E-state index in [4.69, 9.17) is 5.11 Å². The van der Waals surface area contributed by atoms with E-state index in [9.17, 15) is 14.0 Å². The first-order valence-corrected chi connectivity index (χ1v) is 8.12. The van der Waals surface area contributed by atoms with Crippen LogP contribution in [0.4, 0.5) is 4.39 Å². The second kappa shape index (κ2) is 6.45. The molecular weight excluding hydrogens is 319 g/mol. The lowest BCUT2D eigenvalue weighted by atomic mass is 10.1. The molecule has 0 bridgehead atoms. The predicted molar refractivity (Wildman–Crippen MR) is 83.0 cm³/mol. The number of aromatic nitrogens is 1. The average Bonchev–Trinajstić information content (AvgIpc) is 3.23. The van der Waals surface area contributed by atoms with E-state index in [1.165, 1.54) is 28.4 Å². The smallest absolute Gasteiger partial charge is 0.323 e. The highest BCUT2D eigenvalue weighted by Gasteiger charge is 2.35. The number of hydrogen-bond donors (Lipinski definition) is 1. The summed E-state index contributed by atoms with van der Waals surface area (Å²) in [5.74, 6) is -1.69. The summed E-state index contributed by atoms with van der Waals surface area (Å²) < 4.78 is 13.2. The zero-order valence-corrected chi connectivity index (χ0v) is 13.1. The zero-order chi connectivity index (χ0) is 16.4. The largest absolute Gasteiger partial charge is 0.480 e. The molecule has 1 heterocycles. The van der Waals surface area contributed by atoms with Crippen molar-refractivity contribution in [2.24, 2.45) is 0 Å². The Morgan fingerprint density at radius 1 is 1.39 bits per heavy atom. The van der Waals surface area contributed by atoms with E-state index in [1.54, 1.807) is 17.5 Å². The lowest BCUT2D eigenvalue weighted by molar-refractivity contribution is -0.137. The number of carboxylic acid groups (broad SMARTS) is 1. The van der Waals surface area contributed by atoms with Gasteiger partial charge in [-0.3, -0.25) is 9.59 Å². The summed E-state index contributed by atoms with van der Waals surface area (Å²) in [7, 11) is 0. The summed E-state index contributed by atoms with van der Waals surface area (Å²) >= 11 is 1.32. The van der Waals surface area contributed by atoms with Gasteiger partial charge in [0.1, 0.15) is 18.1 Å². The van der Waals surface area contributed by atoms with Gasteiger partial charge in [0.05, 0.1) is 5.01 Å². The lowest BCUT2D eigenvalue weighted by Crippen LogP contribution is -2.37. The number of rotatable bonds is 6. The highest BCUT2D eigenvalue weighted by atomic mass is 32.1. The molecule has 1 aliphatic carbocycles. The standard InChI is InChI=1S/C16H15FN2O3S/c17-11-3-1-2-10(6-11)7-14-18-13(9-23-14)16(22)19(8-15(20)21)12-4-5-12/h1-3,6,9,12H,4-5,7-8H2,(H,20,21). The van der Waals surface area contributed by atoms with Crippen LogP contribution in [-0.2, 0) is 11.2 Å². The van der Waals surface area contributed by atoms with Crippen LogP contribution >= 0.6 is 11.3 Å². The molecule has 1 fully saturated rings. The Bertz CT molecular complexity index is 742. The van der Waals surface area contributed by atoms with E-state index < -0.39 is 5.97 Å². The fraction of sp³-hybridized carbons (Fsp3) is 0.312. The molecule has 0 atom stereocenters. The Hall–Kier alpha value is -2.28. The molecule has 0 radical (unpaired) electrons. The van der Waals surface area contributed by atoms with Crippen molar-refractivity contribution >= 4 is 23.2 Å². The van der Waals surface area contributed by atoms with Crippen molar-refractivity contribution < 1.29 is 19.1 Å². The Labute approximate surface area is 136 Å². The van der Waals surface area contributed by atoms with Crippen LogP contribution in [0.3, 0.4) is 0 Å². The minimum Gasteiger partial charge on any atom is -0.480 e. The maximum Gasteiger partial charge on any atom is 0.323 e. The van der Waals surface area contributed by atoms with Gasteiger partial charge in [-0.2, -0.15) is 0 Å². The molecule has 1 saturated carbocycles. The number of aliphatic carboxylic acids is 1. The number of carbonyl (C=O) groups excluding carboxylic acids is 1. The Kier molecular flexibility index (Phi) is 4.38. The Morgan fingerprint density at radius 2 is 2.17 bits per heavy atom. The van der Waals surface area contributed by atoms with Crippen molar-refractivity contribution in [1.82, 2.24) is 9.88 Å². The van der Waals surface area contributed by atoms with Crippen molar-refractivity contribution in [3.8, 4) is 0 Å². The van der Waals surface area contributed by atoms with E-state index in [0.29, 0.717) is 11.4 Å². The van der Waals surface area contributed by atoms with Crippen molar-refractivity contribution in [3.63, 3.8) is 0 Å². The summed E-state index contributed by atoms with van der Waals surface area (Å²) in [6.07, 6.45) is 2.11. The van der Waals surface area contributed by atoms with E-state index in [0.717, 1.165) is 18.4 Å². The number of benzene rings is 1. The SMILES string of the molecule is O=C(O)CN(C(=O)c1csc(Cc2cccc(F)c2)n1)C1CC1. The first-order chi connectivity index (χ1) is 11.0. The van der Waals surface area contributed by atoms with Gasteiger partial charge < -0.3 is 10.0 Å². The van der Waals surface area contributed by atoms with Crippen LogP contribution < -0.4 is 0 Å². The average molecular weight is 334 g/mol. The molecule has 1 aromatic heterocycles. The van der Waals surface area contributed by atoms with Gasteiger partial charge in [0.15, 0.2) is 0 Å². The molecule has 3 rings (SSSR count). The van der Waals surface area contributed by atoms with Gasteiger partial charge in [-0.15, -0.1) is 11.3 Å². The van der Waals surface area contributed by atoms with Crippen LogP contribution in [0.2, 0.25) is 0 Å². The maximum absolute atomic E-state index is 13.2. The van der Waals surface area contributed by atoms with Crippen molar-refractivity contribution in [1.29, 1.82) is 0 Å². The third-order valence-electron chi connectivity index (χ3n) is 3.57. The molecule has 0 spiro atoms. The van der Waals surface area contributed by atoms with Crippen molar-refractivity contribution in [3.05, 3.63) is 51.7 Å². The normalized spacial score (nSPS) is 13.8. The number of halogens is 1. The highest BCUT2D eigenvalue weighted by Crippen LogP contribution is 2.28. The fourth-order valence-electron chi connectivity index (χ4n) is 2.36. The van der Waals surface area contributed by atoms with Gasteiger partial charge in [0.25, 0.3) is 5.91 Å². The molecule has 1 aliphatic rings. The fourth-order valence-corrected chi connectivity index (χ4v) is 3.16. The molecule has 120 valence electrons. The quantitative estimate of drug-likeness (QED) is 0.881. The summed E-state index contributed by atoms with van der Waals surface area (Å²) in [4.78, 5) is 29.0. The third-order valence-corrected chi connectivity index (χ3v) is 4.42. The predicted octanol–water partition coefficient (Wildman–Crippen LogP) is 2.56. The number of nitrogens with zero attached hydrogens (tertiary/aromatic N) is 2. The van der Waals surface area contributed by atoms with Crippen LogP contribution in [0.1, 0.15) is 33.9 Å². The van der Waals surface area contributed by atoms with Gasteiger partial charge in [-0.1, -0.05) is 12.1 Å². The summed E-state index contributed by atoms with van der Waals surface area (Å²) in [5.41, 5.74) is 1.04. The zero-order valence-electron chi connectivity index (χ0n) is 12.2. The Morgan fingerprint density at radius 3 is 2.83 bits per heavy atom. The van der Waals surface area contributed by atoms with Gasteiger partial charge in [-0.25, -0.2) is 9.37 Å². The Balaban J connectivity index is 1.72. The topological polar surface area (TPSA) is 70.5 Å². The van der Waals surface area contributed by atoms with Gasteiger partial charge in [-0.05, 0) is 30.5 Å². The molecule has 23 heavy (non-hydrogen) atoms. The van der Waals surface area contributed by atoms with E-state index in [1.807, 2.05) is 0 Å². The van der Waals surface area contributed by atoms with E-state index in [-0.39, 0.29) is 30.0 Å². The molecule has 5 nitrogen and oxygen atoms in total. The molecule has 2 aromatic rings.